The highest BCUT2D eigenvalue weighted by molar-refractivity contribution is 5.95. The third-order valence-corrected chi connectivity index (χ3v) is 3.72. The molecule has 0 unspecified atom stereocenters. The van der Waals surface area contributed by atoms with Gasteiger partial charge in [-0.15, -0.1) is 0 Å². The molecule has 2 atom stereocenters. The first-order valence-electron chi connectivity index (χ1n) is 7.12. The molecule has 1 aromatic heterocycles. The second-order valence-electron chi connectivity index (χ2n) is 5.19. The number of hydrogen-bond acceptors (Lipinski definition) is 3. The number of H-pyrrole nitrogens is 1. The maximum Gasteiger partial charge on any atom is 0.310 e. The lowest BCUT2D eigenvalue weighted by atomic mass is 9.94. The number of methoxy groups -OCH3 is 1. The Morgan fingerprint density at radius 2 is 1.86 bits per heavy atom. The lowest BCUT2D eigenvalue weighted by Gasteiger charge is -2.24. The number of carbonyl (C=O) groups is 2. The number of hydrogen-bond donors (Lipinski definition) is 2. The van der Waals surface area contributed by atoms with Crippen molar-refractivity contribution in [1.82, 2.24) is 10.3 Å². The van der Waals surface area contributed by atoms with Crippen molar-refractivity contribution in [2.24, 2.45) is 5.92 Å². The van der Waals surface area contributed by atoms with E-state index in [1.165, 1.54) is 7.11 Å². The standard InChI is InChI=1S/C17H20N2O3/c1-11(17(21)22-3)15(13-7-5-4-6-8-13)19-16(20)14-9-10-18-12(14)2/h4-11,15,18H,1-3H3,(H,19,20)/t11-,15+/m0/s1. The third-order valence-electron chi connectivity index (χ3n) is 3.72. The molecule has 0 aliphatic carbocycles. The summed E-state index contributed by atoms with van der Waals surface area (Å²) in [6, 6.07) is 10.7. The fourth-order valence-electron chi connectivity index (χ4n) is 2.40. The Morgan fingerprint density at radius 3 is 2.41 bits per heavy atom. The van der Waals surface area contributed by atoms with Gasteiger partial charge in [0, 0.05) is 11.9 Å². The summed E-state index contributed by atoms with van der Waals surface area (Å²) in [5, 5.41) is 2.93. The number of aromatic nitrogens is 1. The molecule has 0 aliphatic rings. The average molecular weight is 300 g/mol. The van der Waals surface area contributed by atoms with Crippen LogP contribution in [0.15, 0.2) is 42.6 Å². The molecule has 2 rings (SSSR count). The number of ether oxygens (including phenoxy) is 1. The molecule has 5 heteroatoms. The van der Waals surface area contributed by atoms with Crippen LogP contribution in [0.3, 0.4) is 0 Å². The zero-order chi connectivity index (χ0) is 16.1. The van der Waals surface area contributed by atoms with Gasteiger partial charge in [-0.1, -0.05) is 30.3 Å². The van der Waals surface area contributed by atoms with E-state index in [4.69, 9.17) is 4.74 Å². The van der Waals surface area contributed by atoms with Crippen LogP contribution in [0.4, 0.5) is 0 Å². The van der Waals surface area contributed by atoms with Crippen LogP contribution in [0, 0.1) is 12.8 Å². The van der Waals surface area contributed by atoms with E-state index in [0.717, 1.165) is 11.3 Å². The summed E-state index contributed by atoms with van der Waals surface area (Å²) in [6.07, 6.45) is 1.71. The van der Waals surface area contributed by atoms with Crippen LogP contribution in [-0.4, -0.2) is 24.0 Å². The Hall–Kier alpha value is -2.56. The molecule has 1 aromatic carbocycles. The Balaban J connectivity index is 2.27. The molecule has 5 nitrogen and oxygen atoms in total. The predicted molar refractivity (Wildman–Crippen MR) is 83.4 cm³/mol. The van der Waals surface area contributed by atoms with Gasteiger partial charge in [0.2, 0.25) is 0 Å². The zero-order valence-corrected chi connectivity index (χ0v) is 12.9. The zero-order valence-electron chi connectivity index (χ0n) is 12.9. The molecule has 0 bridgehead atoms. The fourth-order valence-corrected chi connectivity index (χ4v) is 2.40. The van der Waals surface area contributed by atoms with Gasteiger partial charge in [-0.05, 0) is 25.5 Å². The summed E-state index contributed by atoms with van der Waals surface area (Å²) >= 11 is 0. The summed E-state index contributed by atoms with van der Waals surface area (Å²) in [6.45, 7) is 3.57. The van der Waals surface area contributed by atoms with Crippen LogP contribution < -0.4 is 5.32 Å². The summed E-state index contributed by atoms with van der Waals surface area (Å²) in [5.74, 6) is -1.07. The van der Waals surface area contributed by atoms with Crippen molar-refractivity contribution < 1.29 is 14.3 Å². The van der Waals surface area contributed by atoms with Crippen molar-refractivity contribution in [2.45, 2.75) is 19.9 Å². The molecular formula is C17H20N2O3. The van der Waals surface area contributed by atoms with Crippen LogP contribution in [0.5, 0.6) is 0 Å². The van der Waals surface area contributed by atoms with Crippen LogP contribution in [0.1, 0.15) is 34.6 Å². The Bertz CT molecular complexity index is 649. The van der Waals surface area contributed by atoms with Crippen molar-refractivity contribution in [2.75, 3.05) is 7.11 Å². The van der Waals surface area contributed by atoms with Gasteiger partial charge < -0.3 is 15.0 Å². The van der Waals surface area contributed by atoms with Gasteiger partial charge in [0.05, 0.1) is 24.6 Å². The van der Waals surface area contributed by atoms with Crippen molar-refractivity contribution in [3.05, 3.63) is 59.4 Å². The topological polar surface area (TPSA) is 71.2 Å². The summed E-state index contributed by atoms with van der Waals surface area (Å²) in [4.78, 5) is 27.3. The highest BCUT2D eigenvalue weighted by atomic mass is 16.5. The number of rotatable bonds is 5. The number of carbonyl (C=O) groups excluding carboxylic acids is 2. The van der Waals surface area contributed by atoms with E-state index in [2.05, 4.69) is 10.3 Å². The van der Waals surface area contributed by atoms with E-state index in [0.29, 0.717) is 5.56 Å². The second-order valence-corrected chi connectivity index (χ2v) is 5.19. The highest BCUT2D eigenvalue weighted by Gasteiger charge is 2.28. The number of aromatic amines is 1. The van der Waals surface area contributed by atoms with Gasteiger partial charge in [0.15, 0.2) is 0 Å². The van der Waals surface area contributed by atoms with E-state index in [1.54, 1.807) is 19.2 Å². The predicted octanol–water partition coefficient (Wildman–Crippen LogP) is 2.60. The molecular weight excluding hydrogens is 280 g/mol. The van der Waals surface area contributed by atoms with E-state index in [1.807, 2.05) is 37.3 Å². The molecule has 2 aromatic rings. The van der Waals surface area contributed by atoms with E-state index in [9.17, 15) is 9.59 Å². The minimum atomic E-state index is -0.490. The molecule has 0 saturated heterocycles. The van der Waals surface area contributed by atoms with Gasteiger partial charge in [0.25, 0.3) is 5.91 Å². The van der Waals surface area contributed by atoms with E-state index < -0.39 is 12.0 Å². The minimum absolute atomic E-state index is 0.219. The Labute approximate surface area is 129 Å². The average Bonchev–Trinajstić information content (AvgIpc) is 2.98. The summed E-state index contributed by atoms with van der Waals surface area (Å²) in [5.41, 5.74) is 2.22. The van der Waals surface area contributed by atoms with Gasteiger partial charge >= 0.3 is 5.97 Å². The third kappa shape index (κ3) is 3.36. The van der Waals surface area contributed by atoms with Crippen LogP contribution in [0.25, 0.3) is 0 Å². The van der Waals surface area contributed by atoms with Crippen LogP contribution in [-0.2, 0) is 9.53 Å². The largest absolute Gasteiger partial charge is 0.469 e. The van der Waals surface area contributed by atoms with Gasteiger partial charge in [-0.2, -0.15) is 0 Å². The quantitative estimate of drug-likeness (QED) is 0.834. The second kappa shape index (κ2) is 6.93. The SMILES string of the molecule is COC(=O)[C@@H](C)[C@@H](NC(=O)c1cc[nH]c1C)c1ccccc1. The number of nitrogens with one attached hydrogen (secondary N) is 2. The first-order chi connectivity index (χ1) is 10.5. The Kier molecular flexibility index (Phi) is 4.99. The monoisotopic (exact) mass is 300 g/mol. The number of benzene rings is 1. The van der Waals surface area contributed by atoms with Gasteiger partial charge in [-0.3, -0.25) is 9.59 Å². The summed E-state index contributed by atoms with van der Waals surface area (Å²) < 4.78 is 4.81. The highest BCUT2D eigenvalue weighted by Crippen LogP contribution is 2.23. The molecule has 0 spiro atoms. The first-order valence-corrected chi connectivity index (χ1v) is 7.12. The van der Waals surface area contributed by atoms with Crippen molar-refractivity contribution in [3.8, 4) is 0 Å². The van der Waals surface area contributed by atoms with Gasteiger partial charge in [-0.25, -0.2) is 0 Å². The Morgan fingerprint density at radius 1 is 1.18 bits per heavy atom. The number of amides is 1. The molecule has 0 radical (unpaired) electrons. The van der Waals surface area contributed by atoms with E-state index >= 15 is 0 Å². The molecule has 0 fully saturated rings. The van der Waals surface area contributed by atoms with Gasteiger partial charge in [0.1, 0.15) is 0 Å². The van der Waals surface area contributed by atoms with E-state index in [-0.39, 0.29) is 11.9 Å². The molecule has 2 N–H and O–H groups in total. The van der Waals surface area contributed by atoms with Crippen molar-refractivity contribution in [3.63, 3.8) is 0 Å². The lowest BCUT2D eigenvalue weighted by molar-refractivity contribution is -0.145. The van der Waals surface area contributed by atoms with Crippen molar-refractivity contribution >= 4 is 11.9 Å². The number of aryl methyl sites for hydroxylation is 1. The molecule has 0 aliphatic heterocycles. The molecule has 1 amide bonds. The molecule has 1 heterocycles. The molecule has 22 heavy (non-hydrogen) atoms. The first kappa shape index (κ1) is 15.8. The molecule has 116 valence electrons. The fraction of sp³-hybridized carbons (Fsp3) is 0.294. The maximum atomic E-state index is 12.4. The maximum absolute atomic E-state index is 12.4. The molecule has 0 saturated carbocycles. The minimum Gasteiger partial charge on any atom is -0.469 e. The normalized spacial score (nSPS) is 13.2. The lowest BCUT2D eigenvalue weighted by Crippen LogP contribution is -2.36. The smallest absolute Gasteiger partial charge is 0.310 e. The number of esters is 1. The van der Waals surface area contributed by atoms with Crippen LogP contribution in [0.2, 0.25) is 0 Å². The van der Waals surface area contributed by atoms with Crippen LogP contribution >= 0.6 is 0 Å². The van der Waals surface area contributed by atoms with Crippen molar-refractivity contribution in [1.29, 1.82) is 0 Å². The summed E-state index contributed by atoms with van der Waals surface area (Å²) in [7, 11) is 1.35.